The van der Waals surface area contributed by atoms with E-state index in [1.807, 2.05) is 18.2 Å². The molecule has 0 saturated heterocycles. The number of aryl methyl sites for hydroxylation is 1. The van der Waals surface area contributed by atoms with Gasteiger partial charge in [-0.2, -0.15) is 0 Å². The molecule has 0 spiro atoms. The number of benzene rings is 2. The quantitative estimate of drug-likeness (QED) is 0.693. The van der Waals surface area contributed by atoms with Crippen molar-refractivity contribution < 1.29 is 23.8 Å². The number of anilines is 1. The average molecular weight is 395 g/mol. The van der Waals surface area contributed by atoms with Gasteiger partial charge >= 0.3 is 0 Å². The molecule has 0 radical (unpaired) electrons. The smallest absolute Gasteiger partial charge is 0.268 e. The van der Waals surface area contributed by atoms with Crippen molar-refractivity contribution in [3.8, 4) is 17.2 Å². The Labute approximate surface area is 167 Å². The Kier molecular flexibility index (Phi) is 4.75. The van der Waals surface area contributed by atoms with Gasteiger partial charge in [0.25, 0.3) is 5.91 Å². The maximum atomic E-state index is 12.7. The molecule has 4 rings (SSSR count). The zero-order valence-corrected chi connectivity index (χ0v) is 16.3. The molecule has 0 bridgehead atoms. The predicted octanol–water partition coefficient (Wildman–Crippen LogP) is 2.67. The van der Waals surface area contributed by atoms with Gasteiger partial charge in [-0.1, -0.05) is 0 Å². The fraction of sp³-hybridized carbons (Fsp3) is 0.238. The summed E-state index contributed by atoms with van der Waals surface area (Å²) >= 11 is 0. The van der Waals surface area contributed by atoms with Crippen LogP contribution < -0.4 is 24.8 Å². The highest BCUT2D eigenvalue weighted by Crippen LogP contribution is 2.34. The standard InChI is InChI=1S/C21H21N3O5/c1-12(20(25)23-14-4-7-18-19(10-14)29-11-28-18)22-21(26)17-9-13-8-15(27-3)5-6-16(13)24(17)2/h4-10,12H,11H2,1-3H3,(H,22,26)(H,23,25)/t12-/m0/s1. The van der Waals surface area contributed by atoms with Crippen LogP contribution >= 0.6 is 0 Å². The normalized spacial score (nSPS) is 13.2. The van der Waals surface area contributed by atoms with Crippen molar-refractivity contribution >= 4 is 28.4 Å². The van der Waals surface area contributed by atoms with Gasteiger partial charge in [-0.05, 0) is 43.3 Å². The number of nitrogens with zero attached hydrogens (tertiary/aromatic N) is 1. The van der Waals surface area contributed by atoms with E-state index in [0.29, 0.717) is 28.6 Å². The van der Waals surface area contributed by atoms with E-state index in [-0.39, 0.29) is 18.6 Å². The van der Waals surface area contributed by atoms with Gasteiger partial charge in [0.2, 0.25) is 12.7 Å². The van der Waals surface area contributed by atoms with Gasteiger partial charge < -0.3 is 29.4 Å². The van der Waals surface area contributed by atoms with Gasteiger partial charge in [-0.15, -0.1) is 0 Å². The molecular formula is C21H21N3O5. The van der Waals surface area contributed by atoms with Crippen molar-refractivity contribution in [2.75, 3.05) is 19.2 Å². The number of rotatable bonds is 5. The fourth-order valence-corrected chi connectivity index (χ4v) is 3.23. The van der Waals surface area contributed by atoms with Gasteiger partial charge in [-0.25, -0.2) is 0 Å². The Bertz CT molecular complexity index is 1110. The molecule has 0 unspecified atom stereocenters. The van der Waals surface area contributed by atoms with Crippen LogP contribution in [0.4, 0.5) is 5.69 Å². The third-order valence-electron chi connectivity index (χ3n) is 4.86. The number of hydrogen-bond acceptors (Lipinski definition) is 5. The van der Waals surface area contributed by atoms with Crippen LogP contribution in [0.2, 0.25) is 0 Å². The van der Waals surface area contributed by atoms with Crippen molar-refractivity contribution in [2.45, 2.75) is 13.0 Å². The summed E-state index contributed by atoms with van der Waals surface area (Å²) in [6, 6.07) is 11.8. The molecule has 0 saturated carbocycles. The molecule has 2 N–H and O–H groups in total. The Balaban J connectivity index is 1.45. The molecule has 8 nitrogen and oxygen atoms in total. The number of ether oxygens (including phenoxy) is 3. The predicted molar refractivity (Wildman–Crippen MR) is 108 cm³/mol. The van der Waals surface area contributed by atoms with Crippen LogP contribution in [0.25, 0.3) is 10.9 Å². The van der Waals surface area contributed by atoms with E-state index < -0.39 is 6.04 Å². The lowest BCUT2D eigenvalue weighted by atomic mass is 10.2. The monoisotopic (exact) mass is 395 g/mol. The lowest BCUT2D eigenvalue weighted by Gasteiger charge is -2.15. The third-order valence-corrected chi connectivity index (χ3v) is 4.86. The van der Waals surface area contributed by atoms with Crippen LogP contribution in [0.3, 0.4) is 0 Å². The second-order valence-electron chi connectivity index (χ2n) is 6.77. The van der Waals surface area contributed by atoms with E-state index in [1.165, 1.54) is 0 Å². The molecule has 2 heterocycles. The number of fused-ring (bicyclic) bond motifs is 2. The Morgan fingerprint density at radius 3 is 2.69 bits per heavy atom. The summed E-state index contributed by atoms with van der Waals surface area (Å²) in [5.41, 5.74) is 1.92. The highest BCUT2D eigenvalue weighted by Gasteiger charge is 2.21. The van der Waals surface area contributed by atoms with E-state index in [2.05, 4.69) is 10.6 Å². The second-order valence-corrected chi connectivity index (χ2v) is 6.77. The van der Waals surface area contributed by atoms with Crippen LogP contribution in [-0.4, -0.2) is 36.3 Å². The third kappa shape index (κ3) is 3.56. The molecule has 1 atom stereocenters. The molecule has 150 valence electrons. The molecule has 8 heteroatoms. The first-order chi connectivity index (χ1) is 14.0. The van der Waals surface area contributed by atoms with Crippen LogP contribution in [0.5, 0.6) is 17.2 Å². The largest absolute Gasteiger partial charge is 0.497 e. The van der Waals surface area contributed by atoms with E-state index >= 15 is 0 Å². The minimum absolute atomic E-state index is 0.163. The number of hydrogen-bond donors (Lipinski definition) is 2. The molecule has 1 aromatic heterocycles. The maximum Gasteiger partial charge on any atom is 0.268 e. The molecule has 1 aliphatic heterocycles. The molecule has 29 heavy (non-hydrogen) atoms. The molecule has 2 amide bonds. The number of aromatic nitrogens is 1. The minimum atomic E-state index is -0.736. The van der Waals surface area contributed by atoms with E-state index in [4.69, 9.17) is 14.2 Å². The summed E-state index contributed by atoms with van der Waals surface area (Å²) in [5.74, 6) is 1.25. The topological polar surface area (TPSA) is 90.8 Å². The van der Waals surface area contributed by atoms with Gasteiger partial charge in [0, 0.05) is 29.7 Å². The van der Waals surface area contributed by atoms with Gasteiger partial charge in [0.1, 0.15) is 17.5 Å². The lowest BCUT2D eigenvalue weighted by molar-refractivity contribution is -0.117. The summed E-state index contributed by atoms with van der Waals surface area (Å²) in [5, 5.41) is 6.40. The zero-order chi connectivity index (χ0) is 20.5. The van der Waals surface area contributed by atoms with Crippen molar-refractivity contribution in [3.05, 3.63) is 48.2 Å². The van der Waals surface area contributed by atoms with Gasteiger partial charge in [-0.3, -0.25) is 9.59 Å². The van der Waals surface area contributed by atoms with Crippen LogP contribution in [0, 0.1) is 0 Å². The highest BCUT2D eigenvalue weighted by atomic mass is 16.7. The van der Waals surface area contributed by atoms with E-state index in [0.717, 1.165) is 10.9 Å². The molecule has 0 aliphatic carbocycles. The molecule has 0 fully saturated rings. The van der Waals surface area contributed by atoms with E-state index in [9.17, 15) is 9.59 Å². The summed E-state index contributed by atoms with van der Waals surface area (Å²) in [4.78, 5) is 25.2. The van der Waals surface area contributed by atoms with Crippen molar-refractivity contribution in [3.63, 3.8) is 0 Å². The summed E-state index contributed by atoms with van der Waals surface area (Å²) in [6.45, 7) is 1.79. The first-order valence-corrected chi connectivity index (χ1v) is 9.11. The molecule has 2 aromatic carbocycles. The number of nitrogens with one attached hydrogen (secondary N) is 2. The molecular weight excluding hydrogens is 374 g/mol. The first-order valence-electron chi connectivity index (χ1n) is 9.11. The number of carbonyl (C=O) groups is 2. The van der Waals surface area contributed by atoms with Gasteiger partial charge in [0.05, 0.1) is 7.11 Å². The Morgan fingerprint density at radius 1 is 1.10 bits per heavy atom. The summed E-state index contributed by atoms with van der Waals surface area (Å²) in [7, 11) is 3.40. The molecule has 3 aromatic rings. The SMILES string of the molecule is COc1ccc2c(c1)cc(C(=O)N[C@@H](C)C(=O)Nc1ccc3c(c1)OCO3)n2C. The number of amides is 2. The summed E-state index contributed by atoms with van der Waals surface area (Å²) < 4.78 is 17.6. The molecule has 1 aliphatic rings. The van der Waals surface area contributed by atoms with Crippen molar-refractivity contribution in [2.24, 2.45) is 7.05 Å². The van der Waals surface area contributed by atoms with Crippen molar-refractivity contribution in [1.82, 2.24) is 9.88 Å². The maximum absolute atomic E-state index is 12.7. The number of carbonyl (C=O) groups excluding carboxylic acids is 2. The fourth-order valence-electron chi connectivity index (χ4n) is 3.23. The van der Waals surface area contributed by atoms with E-state index in [1.54, 1.807) is 49.9 Å². The minimum Gasteiger partial charge on any atom is -0.497 e. The van der Waals surface area contributed by atoms with Gasteiger partial charge in [0.15, 0.2) is 11.5 Å². The second kappa shape index (κ2) is 7.38. The lowest BCUT2D eigenvalue weighted by Crippen LogP contribution is -2.42. The van der Waals surface area contributed by atoms with Crippen LogP contribution in [-0.2, 0) is 11.8 Å². The number of methoxy groups -OCH3 is 1. The van der Waals surface area contributed by atoms with Crippen LogP contribution in [0.1, 0.15) is 17.4 Å². The highest BCUT2D eigenvalue weighted by molar-refractivity contribution is 6.03. The van der Waals surface area contributed by atoms with Crippen molar-refractivity contribution in [1.29, 1.82) is 0 Å². The Hall–Kier alpha value is -3.68. The zero-order valence-electron chi connectivity index (χ0n) is 16.3. The first kappa shape index (κ1) is 18.7. The summed E-state index contributed by atoms with van der Waals surface area (Å²) in [6.07, 6.45) is 0. The average Bonchev–Trinajstić information content (AvgIpc) is 3.31. The van der Waals surface area contributed by atoms with Crippen LogP contribution in [0.15, 0.2) is 42.5 Å². The Morgan fingerprint density at radius 2 is 1.90 bits per heavy atom.